The highest BCUT2D eigenvalue weighted by atomic mass is 35.5. The van der Waals surface area contributed by atoms with Crippen molar-refractivity contribution in [2.24, 2.45) is 5.73 Å². The summed E-state index contributed by atoms with van der Waals surface area (Å²) in [6.45, 7) is 5.71. The molecule has 2 saturated heterocycles. The summed E-state index contributed by atoms with van der Waals surface area (Å²) in [5.41, 5.74) is 5.56. The second-order valence-electron chi connectivity index (χ2n) is 5.97. The molecule has 25 heavy (non-hydrogen) atoms. The Bertz CT molecular complexity index is 525. The highest BCUT2D eigenvalue weighted by molar-refractivity contribution is 5.93. The van der Waals surface area contributed by atoms with Crippen LogP contribution in [-0.2, 0) is 20.8 Å². The van der Waals surface area contributed by atoms with Crippen LogP contribution in [0.1, 0.15) is 12.8 Å². The minimum atomic E-state index is -0.415. The maximum Gasteiger partial charge on any atom is 0.254 e. The van der Waals surface area contributed by atoms with Gasteiger partial charge in [-0.15, -0.1) is 24.8 Å². The Hall–Kier alpha value is -0.900. The first-order valence-corrected chi connectivity index (χ1v) is 8.24. The number of anilines is 1. The van der Waals surface area contributed by atoms with Crippen molar-refractivity contribution < 1.29 is 14.3 Å². The SMILES string of the molecule is Cl.Cl.NC[C@H]1CC[C@@H](C(=O)Nc2ccn(CCN3CCOCC3)n2)O1. The van der Waals surface area contributed by atoms with Crippen molar-refractivity contribution in [1.82, 2.24) is 14.7 Å². The monoisotopic (exact) mass is 395 g/mol. The van der Waals surface area contributed by atoms with Crippen LogP contribution in [0.3, 0.4) is 0 Å². The summed E-state index contributed by atoms with van der Waals surface area (Å²) in [7, 11) is 0. The molecule has 1 aromatic heterocycles. The van der Waals surface area contributed by atoms with E-state index in [4.69, 9.17) is 15.2 Å². The van der Waals surface area contributed by atoms with E-state index in [-0.39, 0.29) is 36.8 Å². The van der Waals surface area contributed by atoms with Crippen molar-refractivity contribution in [2.45, 2.75) is 31.6 Å². The van der Waals surface area contributed by atoms with Gasteiger partial charge in [0.05, 0.1) is 25.9 Å². The molecule has 2 aliphatic rings. The molecule has 1 amide bonds. The van der Waals surface area contributed by atoms with Gasteiger partial charge in [0.2, 0.25) is 0 Å². The third kappa shape index (κ3) is 6.40. The Morgan fingerprint density at radius 3 is 2.72 bits per heavy atom. The molecule has 3 rings (SSSR count). The second-order valence-corrected chi connectivity index (χ2v) is 5.97. The smallest absolute Gasteiger partial charge is 0.254 e. The summed E-state index contributed by atoms with van der Waals surface area (Å²) in [6.07, 6.45) is 3.02. The molecule has 2 fully saturated rings. The van der Waals surface area contributed by atoms with Crippen LogP contribution in [0.4, 0.5) is 5.82 Å². The lowest BCUT2D eigenvalue weighted by Crippen LogP contribution is -2.38. The van der Waals surface area contributed by atoms with E-state index in [0.717, 1.165) is 45.8 Å². The van der Waals surface area contributed by atoms with E-state index in [0.29, 0.717) is 18.8 Å². The first kappa shape index (κ1) is 22.1. The van der Waals surface area contributed by atoms with Gasteiger partial charge in [-0.2, -0.15) is 5.10 Å². The van der Waals surface area contributed by atoms with Gasteiger partial charge in [0.1, 0.15) is 6.10 Å². The van der Waals surface area contributed by atoms with Crippen molar-refractivity contribution in [2.75, 3.05) is 44.7 Å². The summed E-state index contributed by atoms with van der Waals surface area (Å²) in [5, 5.41) is 7.21. The number of carbonyl (C=O) groups is 1. The average Bonchev–Trinajstić information content (AvgIpc) is 3.23. The summed E-state index contributed by atoms with van der Waals surface area (Å²) in [4.78, 5) is 14.5. The third-order valence-electron chi connectivity index (χ3n) is 4.30. The van der Waals surface area contributed by atoms with Crippen molar-refractivity contribution in [3.8, 4) is 0 Å². The number of rotatable bonds is 6. The Morgan fingerprint density at radius 1 is 1.28 bits per heavy atom. The third-order valence-corrected chi connectivity index (χ3v) is 4.30. The molecule has 0 radical (unpaired) electrons. The predicted molar refractivity (Wildman–Crippen MR) is 99.6 cm³/mol. The quantitative estimate of drug-likeness (QED) is 0.728. The van der Waals surface area contributed by atoms with Crippen molar-refractivity contribution >= 4 is 36.5 Å². The molecule has 10 heteroatoms. The van der Waals surface area contributed by atoms with Crippen LogP contribution in [0.5, 0.6) is 0 Å². The van der Waals surface area contributed by atoms with Crippen LogP contribution in [0.2, 0.25) is 0 Å². The van der Waals surface area contributed by atoms with Crippen LogP contribution >= 0.6 is 24.8 Å². The molecule has 8 nitrogen and oxygen atoms in total. The molecule has 0 aromatic carbocycles. The van der Waals surface area contributed by atoms with Crippen LogP contribution in [0.15, 0.2) is 12.3 Å². The lowest BCUT2D eigenvalue weighted by molar-refractivity contribution is -0.126. The van der Waals surface area contributed by atoms with Crippen molar-refractivity contribution in [1.29, 1.82) is 0 Å². The van der Waals surface area contributed by atoms with E-state index in [2.05, 4.69) is 15.3 Å². The van der Waals surface area contributed by atoms with Gasteiger partial charge in [-0.05, 0) is 12.8 Å². The van der Waals surface area contributed by atoms with E-state index in [1.807, 2.05) is 16.9 Å². The number of ether oxygens (including phenoxy) is 2. The van der Waals surface area contributed by atoms with Crippen LogP contribution in [0.25, 0.3) is 0 Å². The highest BCUT2D eigenvalue weighted by Gasteiger charge is 2.30. The molecule has 0 aliphatic carbocycles. The highest BCUT2D eigenvalue weighted by Crippen LogP contribution is 2.20. The Kier molecular flexibility index (Phi) is 9.70. The van der Waals surface area contributed by atoms with Gasteiger partial charge in [0, 0.05) is 38.4 Å². The van der Waals surface area contributed by atoms with Gasteiger partial charge < -0.3 is 20.5 Å². The number of aromatic nitrogens is 2. The molecule has 2 atom stereocenters. The molecule has 2 aliphatic heterocycles. The van der Waals surface area contributed by atoms with E-state index < -0.39 is 6.10 Å². The zero-order valence-electron chi connectivity index (χ0n) is 14.1. The van der Waals surface area contributed by atoms with Crippen molar-refractivity contribution in [3.63, 3.8) is 0 Å². The Morgan fingerprint density at radius 2 is 2.04 bits per heavy atom. The molecule has 1 aromatic rings. The molecular weight excluding hydrogens is 369 g/mol. The second kappa shape index (κ2) is 10.9. The van der Waals surface area contributed by atoms with E-state index in [1.165, 1.54) is 0 Å². The number of halogens is 2. The van der Waals surface area contributed by atoms with E-state index >= 15 is 0 Å². The number of hydrogen-bond donors (Lipinski definition) is 2. The molecule has 3 N–H and O–H groups in total. The Labute approximate surface area is 160 Å². The summed E-state index contributed by atoms with van der Waals surface area (Å²) < 4.78 is 12.8. The van der Waals surface area contributed by atoms with Gasteiger partial charge >= 0.3 is 0 Å². The first-order valence-electron chi connectivity index (χ1n) is 8.24. The van der Waals surface area contributed by atoms with Crippen LogP contribution in [-0.4, -0.2) is 72.2 Å². The van der Waals surface area contributed by atoms with Gasteiger partial charge in [-0.1, -0.05) is 0 Å². The van der Waals surface area contributed by atoms with Crippen LogP contribution < -0.4 is 11.1 Å². The number of amides is 1. The molecule has 0 unspecified atom stereocenters. The molecular formula is C15H27Cl2N5O3. The van der Waals surface area contributed by atoms with E-state index in [1.54, 1.807) is 0 Å². The average molecular weight is 396 g/mol. The van der Waals surface area contributed by atoms with Crippen molar-refractivity contribution in [3.05, 3.63) is 12.3 Å². The van der Waals surface area contributed by atoms with Gasteiger partial charge in [-0.25, -0.2) is 0 Å². The lowest BCUT2D eigenvalue weighted by atomic mass is 10.2. The zero-order valence-corrected chi connectivity index (χ0v) is 15.8. The minimum Gasteiger partial charge on any atom is -0.379 e. The normalized spacial score (nSPS) is 23.6. The number of nitrogens with two attached hydrogens (primary N) is 1. The number of carbonyl (C=O) groups excluding carboxylic acids is 1. The largest absolute Gasteiger partial charge is 0.379 e. The molecule has 0 bridgehead atoms. The van der Waals surface area contributed by atoms with Gasteiger partial charge in [0.15, 0.2) is 5.82 Å². The topological polar surface area (TPSA) is 94.6 Å². The summed E-state index contributed by atoms with van der Waals surface area (Å²) in [6, 6.07) is 1.81. The predicted octanol–water partition coefficient (Wildman–Crippen LogP) is 0.504. The number of hydrogen-bond acceptors (Lipinski definition) is 6. The van der Waals surface area contributed by atoms with Gasteiger partial charge in [0.25, 0.3) is 5.91 Å². The fourth-order valence-electron chi connectivity index (χ4n) is 2.90. The van der Waals surface area contributed by atoms with E-state index in [9.17, 15) is 4.79 Å². The Balaban J connectivity index is 0.00000156. The number of nitrogens with zero attached hydrogens (tertiary/aromatic N) is 3. The molecule has 144 valence electrons. The maximum absolute atomic E-state index is 12.1. The standard InChI is InChI=1S/C15H25N5O3.2ClH/c16-11-12-1-2-13(23-12)15(21)17-14-3-4-20(18-14)6-5-19-7-9-22-10-8-19;;/h3-4,12-13H,1-2,5-11,16H2,(H,17,18,21);2*1H/t12-,13+;;/m1../s1. The molecule has 0 spiro atoms. The first-order chi connectivity index (χ1) is 11.2. The van der Waals surface area contributed by atoms with Crippen LogP contribution in [0, 0.1) is 0 Å². The minimum absolute atomic E-state index is 0. The summed E-state index contributed by atoms with van der Waals surface area (Å²) >= 11 is 0. The molecule has 3 heterocycles. The maximum atomic E-state index is 12.1. The fraction of sp³-hybridized carbons (Fsp3) is 0.733. The lowest BCUT2D eigenvalue weighted by Gasteiger charge is -2.26. The number of nitrogens with one attached hydrogen (secondary N) is 1. The summed E-state index contributed by atoms with van der Waals surface area (Å²) in [5.74, 6) is 0.427. The fourth-order valence-corrected chi connectivity index (χ4v) is 2.90. The zero-order chi connectivity index (χ0) is 16.1. The van der Waals surface area contributed by atoms with Gasteiger partial charge in [-0.3, -0.25) is 14.4 Å². The number of morpholine rings is 1. The molecule has 0 saturated carbocycles.